The Hall–Kier alpha value is -5.61. The Kier molecular flexibility index (Phi) is 3.90. The van der Waals surface area contributed by atoms with E-state index in [0.717, 1.165) is 66.2 Å². The third kappa shape index (κ3) is 2.71. The van der Waals surface area contributed by atoms with Crippen LogP contribution in [0.5, 0.6) is 0 Å². The molecule has 0 bridgehead atoms. The second kappa shape index (κ2) is 7.52. The first-order valence-corrected chi connectivity index (χ1v) is 13.9. The Morgan fingerprint density at radius 2 is 1.12 bits per heavy atom. The molecule has 0 fully saturated rings. The smallest absolute Gasteiger partial charge is 0.146 e. The molecule has 4 heteroatoms. The molecular formula is C37H21N3O. The number of para-hydroxylation sites is 5. The van der Waals surface area contributed by atoms with Crippen LogP contribution >= 0.6 is 0 Å². The Morgan fingerprint density at radius 1 is 0.439 bits per heavy atom. The summed E-state index contributed by atoms with van der Waals surface area (Å²) in [5, 5.41) is 8.27. The van der Waals surface area contributed by atoms with Crippen LogP contribution < -0.4 is 0 Å². The summed E-state index contributed by atoms with van der Waals surface area (Å²) in [7, 11) is 0. The van der Waals surface area contributed by atoms with E-state index in [1.165, 1.54) is 21.5 Å². The van der Waals surface area contributed by atoms with E-state index in [-0.39, 0.29) is 0 Å². The summed E-state index contributed by atoms with van der Waals surface area (Å²) in [6.45, 7) is 0. The van der Waals surface area contributed by atoms with Crippen molar-refractivity contribution in [3.05, 3.63) is 127 Å². The molecule has 4 heterocycles. The number of fused-ring (bicyclic) bond motifs is 14. The molecule has 0 aliphatic heterocycles. The van der Waals surface area contributed by atoms with Gasteiger partial charge in [0, 0.05) is 44.1 Å². The fraction of sp³-hybridized carbons (Fsp3) is 0. The molecule has 0 spiro atoms. The average molecular weight is 524 g/mol. The van der Waals surface area contributed by atoms with E-state index in [9.17, 15) is 0 Å². The lowest BCUT2D eigenvalue weighted by atomic mass is 10.0. The molecule has 0 saturated carbocycles. The third-order valence-electron chi connectivity index (χ3n) is 8.65. The topological polar surface area (TPSA) is 35.4 Å². The van der Waals surface area contributed by atoms with Gasteiger partial charge in [-0.25, -0.2) is 4.98 Å². The predicted molar refractivity (Wildman–Crippen MR) is 169 cm³/mol. The van der Waals surface area contributed by atoms with Crippen LogP contribution in [0, 0.1) is 0 Å². The zero-order chi connectivity index (χ0) is 26.7. The highest BCUT2D eigenvalue weighted by Gasteiger charge is 2.20. The van der Waals surface area contributed by atoms with Crippen LogP contribution in [0.2, 0.25) is 0 Å². The van der Waals surface area contributed by atoms with Crippen molar-refractivity contribution < 1.29 is 4.42 Å². The number of rotatable bonds is 1. The zero-order valence-corrected chi connectivity index (χ0v) is 21.9. The van der Waals surface area contributed by atoms with Gasteiger partial charge in [0.2, 0.25) is 0 Å². The van der Waals surface area contributed by atoms with Crippen LogP contribution in [0.25, 0.3) is 87.8 Å². The van der Waals surface area contributed by atoms with E-state index in [1.54, 1.807) is 0 Å². The van der Waals surface area contributed by atoms with E-state index in [1.807, 2.05) is 12.1 Å². The molecule has 0 radical (unpaired) electrons. The molecule has 6 aromatic carbocycles. The van der Waals surface area contributed by atoms with Crippen molar-refractivity contribution in [2.45, 2.75) is 0 Å². The second-order valence-electron chi connectivity index (χ2n) is 10.8. The van der Waals surface area contributed by atoms with Gasteiger partial charge in [-0.3, -0.25) is 4.40 Å². The van der Waals surface area contributed by atoms with Crippen molar-refractivity contribution in [1.82, 2.24) is 14.0 Å². The van der Waals surface area contributed by atoms with Gasteiger partial charge in [0.1, 0.15) is 16.8 Å². The summed E-state index contributed by atoms with van der Waals surface area (Å²) in [5.41, 5.74) is 9.48. The molecule has 0 N–H and O–H groups in total. The summed E-state index contributed by atoms with van der Waals surface area (Å²) in [6.07, 6.45) is 0. The summed E-state index contributed by atoms with van der Waals surface area (Å²) < 4.78 is 11.0. The Morgan fingerprint density at radius 3 is 2.00 bits per heavy atom. The van der Waals surface area contributed by atoms with Crippen molar-refractivity contribution >= 4 is 82.1 Å². The van der Waals surface area contributed by atoms with Crippen molar-refractivity contribution in [3.8, 4) is 5.69 Å². The van der Waals surface area contributed by atoms with Crippen molar-refractivity contribution in [2.24, 2.45) is 0 Å². The molecule has 4 nitrogen and oxygen atoms in total. The minimum absolute atomic E-state index is 0.899. The molecule has 0 atom stereocenters. The van der Waals surface area contributed by atoms with Crippen LogP contribution in [0.1, 0.15) is 0 Å². The van der Waals surface area contributed by atoms with Gasteiger partial charge >= 0.3 is 0 Å². The third-order valence-corrected chi connectivity index (χ3v) is 8.65. The van der Waals surface area contributed by atoms with Gasteiger partial charge in [-0.2, -0.15) is 0 Å². The fourth-order valence-corrected chi connectivity index (χ4v) is 6.89. The molecule has 41 heavy (non-hydrogen) atoms. The van der Waals surface area contributed by atoms with Gasteiger partial charge in [-0.1, -0.05) is 66.7 Å². The van der Waals surface area contributed by atoms with E-state index >= 15 is 0 Å². The van der Waals surface area contributed by atoms with Crippen LogP contribution in [0.4, 0.5) is 0 Å². The second-order valence-corrected chi connectivity index (χ2v) is 10.8. The molecule has 190 valence electrons. The monoisotopic (exact) mass is 523 g/mol. The van der Waals surface area contributed by atoms with Gasteiger partial charge < -0.3 is 8.98 Å². The Bertz CT molecular complexity index is 2690. The maximum Gasteiger partial charge on any atom is 0.146 e. The lowest BCUT2D eigenvalue weighted by molar-refractivity contribution is 0.669. The number of furan rings is 1. The van der Waals surface area contributed by atoms with Gasteiger partial charge in [0.15, 0.2) is 0 Å². The summed E-state index contributed by atoms with van der Waals surface area (Å²) in [6, 6.07) is 45.2. The molecule has 10 aromatic rings. The standard InChI is InChI=1S/C37H21N3O/c1-2-10-22(11-3-1)39-33-20-29-25(23-12-4-7-15-31(23)40-32-16-8-6-14-30(32)38-37(29)40)18-26(33)27-19-28-24-13-5-9-17-35(24)41-36(28)21-34(27)39/h1-21H. The van der Waals surface area contributed by atoms with E-state index in [4.69, 9.17) is 9.40 Å². The predicted octanol–water partition coefficient (Wildman–Crippen LogP) is 9.79. The summed E-state index contributed by atoms with van der Waals surface area (Å²) in [5.74, 6) is 0. The molecule has 0 aliphatic rings. The number of benzene rings is 6. The van der Waals surface area contributed by atoms with Crippen LogP contribution in [0.3, 0.4) is 0 Å². The van der Waals surface area contributed by atoms with Gasteiger partial charge in [-0.15, -0.1) is 0 Å². The number of imidazole rings is 1. The summed E-state index contributed by atoms with van der Waals surface area (Å²) >= 11 is 0. The van der Waals surface area contributed by atoms with Crippen LogP contribution in [-0.4, -0.2) is 14.0 Å². The number of hydrogen-bond donors (Lipinski definition) is 0. The first-order valence-electron chi connectivity index (χ1n) is 13.9. The van der Waals surface area contributed by atoms with E-state index in [0.29, 0.717) is 0 Å². The molecule has 0 saturated heterocycles. The molecule has 0 aliphatic carbocycles. The lowest BCUT2D eigenvalue weighted by Gasteiger charge is -2.11. The molecule has 0 amide bonds. The van der Waals surface area contributed by atoms with Gasteiger partial charge in [0.25, 0.3) is 0 Å². The maximum atomic E-state index is 6.35. The number of aromatic nitrogens is 3. The average Bonchev–Trinajstić information content (AvgIpc) is 3.69. The molecule has 4 aromatic heterocycles. The largest absolute Gasteiger partial charge is 0.456 e. The van der Waals surface area contributed by atoms with Crippen molar-refractivity contribution in [3.63, 3.8) is 0 Å². The molecule has 0 unspecified atom stereocenters. The van der Waals surface area contributed by atoms with Gasteiger partial charge in [0.05, 0.1) is 27.6 Å². The Balaban J connectivity index is 1.47. The molecular weight excluding hydrogens is 502 g/mol. The lowest BCUT2D eigenvalue weighted by Crippen LogP contribution is -1.94. The number of nitrogens with zero attached hydrogens (tertiary/aromatic N) is 3. The highest BCUT2D eigenvalue weighted by atomic mass is 16.3. The normalized spacial score (nSPS) is 12.4. The minimum Gasteiger partial charge on any atom is -0.456 e. The van der Waals surface area contributed by atoms with E-state index < -0.39 is 0 Å². The number of hydrogen-bond acceptors (Lipinski definition) is 2. The minimum atomic E-state index is 0.899. The highest BCUT2D eigenvalue weighted by molar-refractivity contribution is 6.23. The highest BCUT2D eigenvalue weighted by Crippen LogP contribution is 2.42. The van der Waals surface area contributed by atoms with Crippen molar-refractivity contribution in [2.75, 3.05) is 0 Å². The van der Waals surface area contributed by atoms with E-state index in [2.05, 4.69) is 124 Å². The van der Waals surface area contributed by atoms with Crippen molar-refractivity contribution in [1.29, 1.82) is 0 Å². The Labute approximate surface area is 233 Å². The van der Waals surface area contributed by atoms with Crippen LogP contribution in [0.15, 0.2) is 132 Å². The first-order chi connectivity index (χ1) is 20.3. The molecule has 10 rings (SSSR count). The maximum absolute atomic E-state index is 6.35. The number of pyridine rings is 1. The van der Waals surface area contributed by atoms with Gasteiger partial charge in [-0.05, 0) is 60.0 Å². The summed E-state index contributed by atoms with van der Waals surface area (Å²) in [4.78, 5) is 5.17. The SMILES string of the molecule is c1ccc(-n2c3cc4oc5ccccc5c4cc3c3cc4c5ccccc5n5c6ccccc6nc5c4cc32)cc1. The first kappa shape index (κ1) is 21.2. The fourth-order valence-electron chi connectivity index (χ4n) is 6.89. The van der Waals surface area contributed by atoms with Crippen LogP contribution in [-0.2, 0) is 0 Å². The quantitative estimate of drug-likeness (QED) is 0.201. The zero-order valence-electron chi connectivity index (χ0n) is 21.9.